The van der Waals surface area contributed by atoms with Crippen molar-refractivity contribution in [3.05, 3.63) is 51.5 Å². The first-order valence-electron chi connectivity index (χ1n) is 5.42. The molecule has 3 heteroatoms. The van der Waals surface area contributed by atoms with Gasteiger partial charge < -0.3 is 5.32 Å². The van der Waals surface area contributed by atoms with Gasteiger partial charge >= 0.3 is 0 Å². The SMILES string of the molecule is Cc1cc(CNCc2ccccn2)c(C)s1. The minimum absolute atomic E-state index is 0.829. The smallest absolute Gasteiger partial charge is 0.0541 e. The number of hydrogen-bond donors (Lipinski definition) is 1. The van der Waals surface area contributed by atoms with E-state index in [2.05, 4.69) is 30.2 Å². The molecule has 0 fully saturated rings. The van der Waals surface area contributed by atoms with E-state index in [0.717, 1.165) is 18.8 Å². The molecular formula is C13H16N2S. The van der Waals surface area contributed by atoms with Crippen LogP contribution in [0.25, 0.3) is 0 Å². The minimum atomic E-state index is 0.829. The van der Waals surface area contributed by atoms with Crippen LogP contribution in [0.1, 0.15) is 21.0 Å². The van der Waals surface area contributed by atoms with Crippen LogP contribution in [-0.2, 0) is 13.1 Å². The molecule has 0 aliphatic rings. The van der Waals surface area contributed by atoms with Crippen LogP contribution in [0.3, 0.4) is 0 Å². The summed E-state index contributed by atoms with van der Waals surface area (Å²) in [6, 6.07) is 8.25. The van der Waals surface area contributed by atoms with Crippen LogP contribution in [0.2, 0.25) is 0 Å². The Morgan fingerprint density at radius 1 is 1.25 bits per heavy atom. The molecule has 2 heterocycles. The summed E-state index contributed by atoms with van der Waals surface area (Å²) in [5.74, 6) is 0. The fraction of sp³-hybridized carbons (Fsp3) is 0.308. The Kier molecular flexibility index (Phi) is 3.70. The van der Waals surface area contributed by atoms with E-state index in [1.165, 1.54) is 15.3 Å². The van der Waals surface area contributed by atoms with Crippen molar-refractivity contribution in [2.24, 2.45) is 0 Å². The second-order valence-electron chi connectivity index (χ2n) is 3.86. The lowest BCUT2D eigenvalue weighted by atomic mass is 10.2. The van der Waals surface area contributed by atoms with Gasteiger partial charge in [0.05, 0.1) is 5.69 Å². The molecule has 84 valence electrons. The maximum Gasteiger partial charge on any atom is 0.0541 e. The molecule has 0 radical (unpaired) electrons. The van der Waals surface area contributed by atoms with Crippen LogP contribution in [0.15, 0.2) is 30.5 Å². The maximum atomic E-state index is 4.28. The van der Waals surface area contributed by atoms with Gasteiger partial charge in [0.25, 0.3) is 0 Å². The third-order valence-electron chi connectivity index (χ3n) is 2.49. The molecule has 0 aliphatic heterocycles. The van der Waals surface area contributed by atoms with Crippen molar-refractivity contribution in [3.8, 4) is 0 Å². The Balaban J connectivity index is 1.87. The molecule has 0 atom stereocenters. The van der Waals surface area contributed by atoms with Gasteiger partial charge in [-0.3, -0.25) is 4.98 Å². The van der Waals surface area contributed by atoms with Gasteiger partial charge in [-0.25, -0.2) is 0 Å². The van der Waals surface area contributed by atoms with E-state index in [1.807, 2.05) is 35.7 Å². The first-order valence-corrected chi connectivity index (χ1v) is 6.24. The predicted molar refractivity (Wildman–Crippen MR) is 68.6 cm³/mol. The fourth-order valence-corrected chi connectivity index (χ4v) is 2.63. The Morgan fingerprint density at radius 2 is 2.12 bits per heavy atom. The van der Waals surface area contributed by atoms with Crippen LogP contribution in [0, 0.1) is 13.8 Å². The van der Waals surface area contributed by atoms with E-state index in [4.69, 9.17) is 0 Å². The van der Waals surface area contributed by atoms with Gasteiger partial charge in [0, 0.05) is 29.0 Å². The van der Waals surface area contributed by atoms with Gasteiger partial charge in [-0.05, 0) is 37.6 Å². The molecule has 2 aromatic rings. The average Bonchev–Trinajstić information content (AvgIpc) is 2.59. The number of thiophene rings is 1. The molecule has 0 spiro atoms. The summed E-state index contributed by atoms with van der Waals surface area (Å²) in [5.41, 5.74) is 2.49. The van der Waals surface area contributed by atoms with Gasteiger partial charge in [0.15, 0.2) is 0 Å². The van der Waals surface area contributed by atoms with Crippen molar-refractivity contribution in [1.82, 2.24) is 10.3 Å². The van der Waals surface area contributed by atoms with Gasteiger partial charge in [-0.1, -0.05) is 6.07 Å². The summed E-state index contributed by atoms with van der Waals surface area (Å²) in [7, 11) is 0. The van der Waals surface area contributed by atoms with Crippen LogP contribution in [-0.4, -0.2) is 4.98 Å². The topological polar surface area (TPSA) is 24.9 Å². The number of rotatable bonds is 4. The molecule has 2 aromatic heterocycles. The first kappa shape index (κ1) is 11.3. The molecular weight excluding hydrogens is 216 g/mol. The average molecular weight is 232 g/mol. The normalized spacial score (nSPS) is 10.6. The van der Waals surface area contributed by atoms with Crippen molar-refractivity contribution in [2.45, 2.75) is 26.9 Å². The highest BCUT2D eigenvalue weighted by molar-refractivity contribution is 7.12. The predicted octanol–water partition coefficient (Wildman–Crippen LogP) is 3.05. The highest BCUT2D eigenvalue weighted by Gasteiger charge is 2.02. The van der Waals surface area contributed by atoms with Crippen molar-refractivity contribution in [2.75, 3.05) is 0 Å². The molecule has 0 saturated heterocycles. The van der Waals surface area contributed by atoms with Gasteiger partial charge in [0.2, 0.25) is 0 Å². The molecule has 0 saturated carbocycles. The zero-order valence-corrected chi connectivity index (χ0v) is 10.5. The number of aryl methyl sites for hydroxylation is 2. The standard InChI is InChI=1S/C13H16N2S/c1-10-7-12(11(2)16-10)8-14-9-13-5-3-4-6-15-13/h3-7,14H,8-9H2,1-2H3. The molecule has 2 nitrogen and oxygen atoms in total. The van der Waals surface area contributed by atoms with Crippen molar-refractivity contribution < 1.29 is 0 Å². The summed E-state index contributed by atoms with van der Waals surface area (Å²) >= 11 is 1.86. The van der Waals surface area contributed by atoms with Crippen molar-refractivity contribution >= 4 is 11.3 Å². The molecule has 0 aromatic carbocycles. The number of hydrogen-bond acceptors (Lipinski definition) is 3. The maximum absolute atomic E-state index is 4.28. The number of nitrogens with one attached hydrogen (secondary N) is 1. The third kappa shape index (κ3) is 2.90. The zero-order chi connectivity index (χ0) is 11.4. The van der Waals surface area contributed by atoms with Crippen LogP contribution in [0.4, 0.5) is 0 Å². The Bertz CT molecular complexity index is 448. The second kappa shape index (κ2) is 5.23. The summed E-state index contributed by atoms with van der Waals surface area (Å²) < 4.78 is 0. The largest absolute Gasteiger partial charge is 0.307 e. The van der Waals surface area contributed by atoms with Crippen LogP contribution >= 0.6 is 11.3 Å². The van der Waals surface area contributed by atoms with Crippen molar-refractivity contribution in [3.63, 3.8) is 0 Å². The lowest BCUT2D eigenvalue weighted by Crippen LogP contribution is -2.13. The van der Waals surface area contributed by atoms with Crippen LogP contribution < -0.4 is 5.32 Å². The number of nitrogens with zero attached hydrogens (tertiary/aromatic N) is 1. The summed E-state index contributed by atoms with van der Waals surface area (Å²) in [6.07, 6.45) is 1.83. The molecule has 0 amide bonds. The molecule has 0 aliphatic carbocycles. The van der Waals surface area contributed by atoms with Crippen molar-refractivity contribution in [1.29, 1.82) is 0 Å². The van der Waals surface area contributed by atoms with E-state index in [9.17, 15) is 0 Å². The van der Waals surface area contributed by atoms with E-state index in [1.54, 1.807) is 0 Å². The molecule has 16 heavy (non-hydrogen) atoms. The van der Waals surface area contributed by atoms with E-state index < -0.39 is 0 Å². The lowest BCUT2D eigenvalue weighted by Gasteiger charge is -2.03. The summed E-state index contributed by atoms with van der Waals surface area (Å²) in [4.78, 5) is 7.07. The van der Waals surface area contributed by atoms with Gasteiger partial charge in [0.1, 0.15) is 0 Å². The highest BCUT2D eigenvalue weighted by Crippen LogP contribution is 2.20. The van der Waals surface area contributed by atoms with E-state index in [0.29, 0.717) is 0 Å². The number of pyridine rings is 1. The van der Waals surface area contributed by atoms with Crippen LogP contribution in [0.5, 0.6) is 0 Å². The quantitative estimate of drug-likeness (QED) is 0.876. The highest BCUT2D eigenvalue weighted by atomic mass is 32.1. The molecule has 0 bridgehead atoms. The van der Waals surface area contributed by atoms with E-state index in [-0.39, 0.29) is 0 Å². The van der Waals surface area contributed by atoms with Gasteiger partial charge in [-0.2, -0.15) is 0 Å². The Hall–Kier alpha value is -1.19. The first-order chi connectivity index (χ1) is 7.75. The zero-order valence-electron chi connectivity index (χ0n) is 9.66. The summed E-state index contributed by atoms with van der Waals surface area (Å²) in [6.45, 7) is 6.08. The lowest BCUT2D eigenvalue weighted by molar-refractivity contribution is 0.679. The Morgan fingerprint density at radius 3 is 2.75 bits per heavy atom. The molecule has 2 rings (SSSR count). The minimum Gasteiger partial charge on any atom is -0.307 e. The fourth-order valence-electron chi connectivity index (χ4n) is 1.69. The monoisotopic (exact) mass is 232 g/mol. The second-order valence-corrected chi connectivity index (χ2v) is 5.32. The third-order valence-corrected chi connectivity index (χ3v) is 3.50. The summed E-state index contributed by atoms with van der Waals surface area (Å²) in [5, 5.41) is 3.42. The molecule has 1 N–H and O–H groups in total. The molecule has 0 unspecified atom stereocenters. The number of aromatic nitrogens is 1. The van der Waals surface area contributed by atoms with E-state index >= 15 is 0 Å². The Labute approximate surface area is 100 Å². The van der Waals surface area contributed by atoms with Gasteiger partial charge in [-0.15, -0.1) is 11.3 Å².